The fraction of sp³-hybridized carbons (Fsp3) is 0.0909. The molecule has 0 bridgehead atoms. The fourth-order valence-electron chi connectivity index (χ4n) is 1.33. The molecule has 0 spiro atoms. The van der Waals surface area contributed by atoms with Crippen LogP contribution >= 0.6 is 11.3 Å². The highest BCUT2D eigenvalue weighted by molar-refractivity contribution is 7.13. The normalized spacial score (nSPS) is 10.1. The van der Waals surface area contributed by atoms with E-state index in [0.29, 0.717) is 16.1 Å². The van der Waals surface area contributed by atoms with Gasteiger partial charge >= 0.3 is 6.47 Å². The lowest BCUT2D eigenvalue weighted by Crippen LogP contribution is -1.93. The number of ether oxygens (including phenoxy) is 1. The lowest BCUT2D eigenvalue weighted by atomic mass is 10.1. The van der Waals surface area contributed by atoms with Crippen LogP contribution in [-0.4, -0.2) is 11.5 Å². The second-order valence-electron chi connectivity index (χ2n) is 2.98. The third kappa shape index (κ3) is 2.09. The number of rotatable bonds is 4. The Morgan fingerprint density at radius 2 is 2.25 bits per heavy atom. The van der Waals surface area contributed by atoms with Crippen LogP contribution in [-0.2, 0) is 16.1 Å². The molecule has 1 aromatic heterocycles. The standard InChI is InChI=1S/C11H7FNO2S/c12-9-4-2-1-3-8(9)11-10(5-15-7-14)13-6-16-11/h1-4,6H,5H2. The molecule has 0 amide bonds. The Bertz CT molecular complexity index is 498. The van der Waals surface area contributed by atoms with Gasteiger partial charge in [-0.25, -0.2) is 14.2 Å². The zero-order valence-corrected chi connectivity index (χ0v) is 8.96. The van der Waals surface area contributed by atoms with Crippen molar-refractivity contribution >= 4 is 17.8 Å². The van der Waals surface area contributed by atoms with Crippen LogP contribution in [0.4, 0.5) is 4.39 Å². The fourth-order valence-corrected chi connectivity index (χ4v) is 2.16. The van der Waals surface area contributed by atoms with Crippen molar-refractivity contribution in [1.82, 2.24) is 4.98 Å². The molecule has 1 aromatic carbocycles. The molecule has 1 radical (unpaired) electrons. The van der Waals surface area contributed by atoms with Gasteiger partial charge in [0.05, 0.1) is 16.1 Å². The summed E-state index contributed by atoms with van der Waals surface area (Å²) in [6.07, 6.45) is 0. The Morgan fingerprint density at radius 1 is 1.44 bits per heavy atom. The van der Waals surface area contributed by atoms with Crippen molar-refractivity contribution in [3.05, 3.63) is 41.3 Å². The molecule has 0 aliphatic rings. The molecule has 0 atom stereocenters. The maximum absolute atomic E-state index is 13.5. The first-order valence-electron chi connectivity index (χ1n) is 4.49. The highest BCUT2D eigenvalue weighted by Crippen LogP contribution is 2.29. The highest BCUT2D eigenvalue weighted by Gasteiger charge is 2.12. The third-order valence-corrected chi connectivity index (χ3v) is 2.93. The molecule has 0 unspecified atom stereocenters. The van der Waals surface area contributed by atoms with Crippen LogP contribution in [0.3, 0.4) is 0 Å². The first kappa shape index (κ1) is 10.8. The number of nitrogens with zero attached hydrogens (tertiary/aromatic N) is 1. The zero-order chi connectivity index (χ0) is 11.4. The molecular weight excluding hydrogens is 229 g/mol. The predicted octanol–water partition coefficient (Wildman–Crippen LogP) is 2.53. The van der Waals surface area contributed by atoms with Crippen molar-refractivity contribution in [1.29, 1.82) is 0 Å². The van der Waals surface area contributed by atoms with Crippen molar-refractivity contribution < 1.29 is 13.9 Å². The molecule has 16 heavy (non-hydrogen) atoms. The summed E-state index contributed by atoms with van der Waals surface area (Å²) < 4.78 is 18.0. The largest absolute Gasteiger partial charge is 0.451 e. The summed E-state index contributed by atoms with van der Waals surface area (Å²) in [6, 6.07) is 6.41. The van der Waals surface area contributed by atoms with Crippen LogP contribution in [0, 0.1) is 5.82 Å². The molecule has 0 N–H and O–H groups in total. The molecule has 2 aromatic rings. The number of aromatic nitrogens is 1. The van der Waals surface area contributed by atoms with Gasteiger partial charge in [0.25, 0.3) is 0 Å². The van der Waals surface area contributed by atoms with Crippen molar-refractivity contribution in [3.8, 4) is 10.4 Å². The van der Waals surface area contributed by atoms with E-state index in [1.165, 1.54) is 23.9 Å². The minimum absolute atomic E-state index is 0.0106. The maximum Gasteiger partial charge on any atom is 0.417 e. The minimum Gasteiger partial charge on any atom is -0.451 e. The Morgan fingerprint density at radius 3 is 3.00 bits per heavy atom. The monoisotopic (exact) mass is 236 g/mol. The highest BCUT2D eigenvalue weighted by atomic mass is 32.1. The minimum atomic E-state index is -0.317. The number of hydrogen-bond acceptors (Lipinski definition) is 4. The molecule has 2 rings (SSSR count). The molecule has 0 aliphatic heterocycles. The summed E-state index contributed by atoms with van der Waals surface area (Å²) in [5.74, 6) is -0.317. The van der Waals surface area contributed by atoms with E-state index in [4.69, 9.17) is 0 Å². The van der Waals surface area contributed by atoms with Crippen LogP contribution in [0.5, 0.6) is 0 Å². The molecule has 3 nitrogen and oxygen atoms in total. The number of benzene rings is 1. The molecule has 0 fully saturated rings. The number of hydrogen-bond donors (Lipinski definition) is 0. The summed E-state index contributed by atoms with van der Waals surface area (Å²) in [6.45, 7) is 1.33. The van der Waals surface area contributed by atoms with Gasteiger partial charge in [-0.05, 0) is 6.07 Å². The first-order valence-corrected chi connectivity index (χ1v) is 5.37. The van der Waals surface area contributed by atoms with Gasteiger partial charge in [0.2, 0.25) is 0 Å². The Hall–Kier alpha value is -1.75. The maximum atomic E-state index is 13.5. The second-order valence-corrected chi connectivity index (χ2v) is 3.83. The average molecular weight is 236 g/mol. The van der Waals surface area contributed by atoms with Crippen LogP contribution in [0.25, 0.3) is 10.4 Å². The van der Waals surface area contributed by atoms with Crippen molar-refractivity contribution in [3.63, 3.8) is 0 Å². The molecular formula is C11H7FNO2S. The smallest absolute Gasteiger partial charge is 0.417 e. The van der Waals surface area contributed by atoms with Crippen molar-refractivity contribution in [2.75, 3.05) is 0 Å². The van der Waals surface area contributed by atoms with E-state index in [1.807, 2.05) is 0 Å². The van der Waals surface area contributed by atoms with Crippen LogP contribution in [0.1, 0.15) is 5.69 Å². The van der Waals surface area contributed by atoms with Gasteiger partial charge in [0.15, 0.2) is 0 Å². The van der Waals surface area contributed by atoms with E-state index in [9.17, 15) is 9.18 Å². The van der Waals surface area contributed by atoms with E-state index in [-0.39, 0.29) is 12.4 Å². The van der Waals surface area contributed by atoms with Gasteiger partial charge in [-0.15, -0.1) is 11.3 Å². The van der Waals surface area contributed by atoms with E-state index >= 15 is 0 Å². The zero-order valence-electron chi connectivity index (χ0n) is 8.14. The van der Waals surface area contributed by atoms with Crippen LogP contribution < -0.4 is 0 Å². The summed E-state index contributed by atoms with van der Waals surface area (Å²) in [4.78, 5) is 14.7. The first-order chi connectivity index (χ1) is 7.83. The van der Waals surface area contributed by atoms with Crippen molar-refractivity contribution in [2.45, 2.75) is 6.61 Å². The van der Waals surface area contributed by atoms with Gasteiger partial charge in [0, 0.05) is 5.56 Å². The molecule has 81 valence electrons. The molecule has 0 aliphatic carbocycles. The second kappa shape index (κ2) is 4.85. The Labute approximate surface area is 95.5 Å². The molecule has 5 heteroatoms. The van der Waals surface area contributed by atoms with Gasteiger partial charge in [-0.2, -0.15) is 0 Å². The van der Waals surface area contributed by atoms with Crippen LogP contribution in [0.15, 0.2) is 29.8 Å². The van der Waals surface area contributed by atoms with E-state index < -0.39 is 0 Å². The van der Waals surface area contributed by atoms with Crippen molar-refractivity contribution in [2.24, 2.45) is 0 Å². The summed E-state index contributed by atoms with van der Waals surface area (Å²) >= 11 is 1.31. The number of halogens is 1. The molecule has 0 saturated carbocycles. The Balaban J connectivity index is 2.37. The van der Waals surface area contributed by atoms with E-state index in [1.54, 1.807) is 23.7 Å². The molecule has 0 saturated heterocycles. The van der Waals surface area contributed by atoms with Gasteiger partial charge < -0.3 is 4.74 Å². The van der Waals surface area contributed by atoms with Gasteiger partial charge in [-0.1, -0.05) is 18.2 Å². The summed E-state index contributed by atoms with van der Waals surface area (Å²) in [5.41, 5.74) is 2.60. The SMILES string of the molecule is O=[C]OCc1ncsc1-c1ccccc1F. The summed E-state index contributed by atoms with van der Waals surface area (Å²) in [7, 11) is 0. The van der Waals surface area contributed by atoms with Gasteiger partial charge in [0.1, 0.15) is 12.4 Å². The Kier molecular flexibility index (Phi) is 3.26. The van der Waals surface area contributed by atoms with E-state index in [0.717, 1.165) is 0 Å². The number of thiazole rings is 1. The average Bonchev–Trinajstić information content (AvgIpc) is 2.75. The topological polar surface area (TPSA) is 39.2 Å². The lowest BCUT2D eigenvalue weighted by Gasteiger charge is -2.02. The molecule has 1 heterocycles. The number of carbonyl (C=O) groups excluding carboxylic acids is 1. The quantitative estimate of drug-likeness (QED) is 0.818. The van der Waals surface area contributed by atoms with E-state index in [2.05, 4.69) is 9.72 Å². The predicted molar refractivity (Wildman–Crippen MR) is 58.0 cm³/mol. The summed E-state index contributed by atoms with van der Waals surface area (Å²) in [5, 5.41) is 0. The van der Waals surface area contributed by atoms with Crippen LogP contribution in [0.2, 0.25) is 0 Å². The van der Waals surface area contributed by atoms with Gasteiger partial charge in [-0.3, -0.25) is 0 Å². The lowest BCUT2D eigenvalue weighted by molar-refractivity contribution is 0.264. The third-order valence-electron chi connectivity index (χ3n) is 2.03.